The number of nitrogens with two attached hydrogens (primary N) is 1. The highest BCUT2D eigenvalue weighted by Crippen LogP contribution is 2.50. The third kappa shape index (κ3) is 1.15. The van der Waals surface area contributed by atoms with E-state index in [9.17, 15) is 0 Å². The fourth-order valence-electron chi connectivity index (χ4n) is 2.67. The van der Waals surface area contributed by atoms with E-state index < -0.39 is 0 Å². The number of fused-ring (bicyclic) bond motifs is 1. The maximum atomic E-state index is 5.91. The molecule has 0 spiro atoms. The molecule has 3 N–H and O–H groups in total. The van der Waals surface area contributed by atoms with Gasteiger partial charge in [-0.15, -0.1) is 0 Å². The second-order valence-electron chi connectivity index (χ2n) is 4.66. The number of hydrogen-bond acceptors (Lipinski definition) is 1. The molecule has 1 aromatic heterocycles. The summed E-state index contributed by atoms with van der Waals surface area (Å²) in [4.78, 5) is 3.45. The monoisotopic (exact) mass is 200 g/mol. The lowest BCUT2D eigenvalue weighted by Crippen LogP contribution is -2.20. The van der Waals surface area contributed by atoms with Crippen LogP contribution in [0.5, 0.6) is 0 Å². The molecule has 2 nitrogen and oxygen atoms in total. The summed E-state index contributed by atoms with van der Waals surface area (Å²) in [5, 5.41) is 1.36. The first-order valence-corrected chi connectivity index (χ1v) is 5.55. The summed E-state index contributed by atoms with van der Waals surface area (Å²) in [6.45, 7) is 2.93. The zero-order valence-electron chi connectivity index (χ0n) is 9.01. The van der Waals surface area contributed by atoms with Gasteiger partial charge in [-0.05, 0) is 31.4 Å². The van der Waals surface area contributed by atoms with Crippen LogP contribution in [-0.4, -0.2) is 11.5 Å². The Hall–Kier alpha value is -1.28. The number of aromatic amines is 1. The van der Waals surface area contributed by atoms with Crippen LogP contribution in [0.25, 0.3) is 10.9 Å². The van der Waals surface area contributed by atoms with Crippen LogP contribution < -0.4 is 5.73 Å². The number of hydrogen-bond donors (Lipinski definition) is 2. The molecule has 1 aliphatic carbocycles. The van der Waals surface area contributed by atoms with E-state index in [0.29, 0.717) is 0 Å². The van der Waals surface area contributed by atoms with Crippen LogP contribution in [-0.2, 0) is 5.41 Å². The van der Waals surface area contributed by atoms with Gasteiger partial charge < -0.3 is 10.7 Å². The normalized spacial score (nSPS) is 18.3. The van der Waals surface area contributed by atoms with Crippen LogP contribution in [0.1, 0.15) is 24.1 Å². The summed E-state index contributed by atoms with van der Waals surface area (Å²) >= 11 is 0. The Bertz CT molecular complexity index is 506. The molecule has 2 heteroatoms. The highest BCUT2D eigenvalue weighted by atomic mass is 14.8. The van der Waals surface area contributed by atoms with E-state index in [0.717, 1.165) is 6.54 Å². The van der Waals surface area contributed by atoms with Crippen molar-refractivity contribution in [2.45, 2.75) is 25.2 Å². The first-order chi connectivity index (χ1) is 7.27. The molecule has 1 heterocycles. The molecule has 0 radical (unpaired) electrons. The highest BCUT2D eigenvalue weighted by Gasteiger charge is 2.45. The summed E-state index contributed by atoms with van der Waals surface area (Å²) in [5.74, 6) is 0. The summed E-state index contributed by atoms with van der Waals surface area (Å²) in [6, 6.07) is 8.51. The van der Waals surface area contributed by atoms with Crippen molar-refractivity contribution in [1.29, 1.82) is 0 Å². The molecule has 1 aromatic carbocycles. The second kappa shape index (κ2) is 2.86. The third-order valence-electron chi connectivity index (χ3n) is 3.67. The van der Waals surface area contributed by atoms with Crippen LogP contribution in [0.3, 0.4) is 0 Å². The SMILES string of the molecule is Cc1[nH]c2ccccc2c1C1(CN)CC1. The zero-order chi connectivity index (χ0) is 10.5. The topological polar surface area (TPSA) is 41.8 Å². The molecule has 0 saturated heterocycles. The standard InChI is InChI=1S/C13H16N2/c1-9-12(13(8-14)6-7-13)10-4-2-3-5-11(10)15-9/h2-5,15H,6-8,14H2,1H3. The van der Waals surface area contributed by atoms with E-state index in [-0.39, 0.29) is 5.41 Å². The Morgan fingerprint density at radius 3 is 2.73 bits per heavy atom. The maximum Gasteiger partial charge on any atom is 0.0459 e. The fraction of sp³-hybridized carbons (Fsp3) is 0.385. The van der Waals surface area contributed by atoms with Gasteiger partial charge in [-0.2, -0.15) is 0 Å². The number of para-hydroxylation sites is 1. The average Bonchev–Trinajstić information content (AvgIpc) is 2.95. The van der Waals surface area contributed by atoms with Crippen molar-refractivity contribution in [2.75, 3.05) is 6.54 Å². The number of rotatable bonds is 2. The number of aromatic nitrogens is 1. The molecule has 0 aliphatic heterocycles. The molecule has 78 valence electrons. The minimum Gasteiger partial charge on any atom is -0.358 e. The van der Waals surface area contributed by atoms with Crippen LogP contribution in [0.4, 0.5) is 0 Å². The van der Waals surface area contributed by atoms with E-state index >= 15 is 0 Å². The average molecular weight is 200 g/mol. The lowest BCUT2D eigenvalue weighted by molar-refractivity contribution is 0.705. The van der Waals surface area contributed by atoms with Gasteiger partial charge in [0.15, 0.2) is 0 Å². The van der Waals surface area contributed by atoms with E-state index in [1.54, 1.807) is 0 Å². The second-order valence-corrected chi connectivity index (χ2v) is 4.66. The highest BCUT2D eigenvalue weighted by molar-refractivity contribution is 5.86. The molecule has 0 unspecified atom stereocenters. The van der Waals surface area contributed by atoms with Gasteiger partial charge >= 0.3 is 0 Å². The minimum atomic E-state index is 0.281. The maximum absolute atomic E-state index is 5.91. The van der Waals surface area contributed by atoms with Crippen LogP contribution >= 0.6 is 0 Å². The predicted molar refractivity (Wildman–Crippen MR) is 63.0 cm³/mol. The molecule has 1 aliphatic rings. The molecule has 1 fully saturated rings. The van der Waals surface area contributed by atoms with Gasteiger partial charge in [-0.1, -0.05) is 18.2 Å². The molecule has 0 bridgehead atoms. The van der Waals surface area contributed by atoms with Gasteiger partial charge in [-0.3, -0.25) is 0 Å². The van der Waals surface area contributed by atoms with Gasteiger partial charge in [0.1, 0.15) is 0 Å². The van der Waals surface area contributed by atoms with Gasteiger partial charge in [0.05, 0.1) is 0 Å². The van der Waals surface area contributed by atoms with Crippen LogP contribution in [0.2, 0.25) is 0 Å². The van der Waals surface area contributed by atoms with Crippen LogP contribution in [0.15, 0.2) is 24.3 Å². The van der Waals surface area contributed by atoms with Crippen LogP contribution in [0, 0.1) is 6.92 Å². The Morgan fingerprint density at radius 2 is 2.07 bits per heavy atom. The number of H-pyrrole nitrogens is 1. The van der Waals surface area contributed by atoms with Crippen molar-refractivity contribution >= 4 is 10.9 Å². The third-order valence-corrected chi connectivity index (χ3v) is 3.67. The quantitative estimate of drug-likeness (QED) is 0.768. The minimum absolute atomic E-state index is 0.281. The lowest BCUT2D eigenvalue weighted by Gasteiger charge is -2.12. The molecular weight excluding hydrogens is 184 g/mol. The van der Waals surface area contributed by atoms with Crippen molar-refractivity contribution in [2.24, 2.45) is 5.73 Å². The first kappa shape index (κ1) is 8.98. The Labute approximate surface area is 89.5 Å². The number of nitrogens with one attached hydrogen (secondary N) is 1. The van der Waals surface area contributed by atoms with E-state index in [4.69, 9.17) is 5.73 Å². The molecule has 1 saturated carbocycles. The summed E-state index contributed by atoms with van der Waals surface area (Å²) in [7, 11) is 0. The molecule has 3 rings (SSSR count). The summed E-state index contributed by atoms with van der Waals surface area (Å²) in [5.41, 5.74) is 10.2. The van der Waals surface area contributed by atoms with Crippen molar-refractivity contribution in [3.8, 4) is 0 Å². The molecule has 0 amide bonds. The number of aryl methyl sites for hydroxylation is 1. The smallest absolute Gasteiger partial charge is 0.0459 e. The van der Waals surface area contributed by atoms with Crippen molar-refractivity contribution in [3.63, 3.8) is 0 Å². The van der Waals surface area contributed by atoms with E-state index in [1.165, 1.54) is 35.0 Å². The van der Waals surface area contributed by atoms with Gasteiger partial charge in [0.25, 0.3) is 0 Å². The molecule has 15 heavy (non-hydrogen) atoms. The Balaban J connectivity index is 2.29. The Morgan fingerprint density at radius 1 is 1.33 bits per heavy atom. The van der Waals surface area contributed by atoms with Crippen molar-refractivity contribution < 1.29 is 0 Å². The van der Waals surface area contributed by atoms with Crippen molar-refractivity contribution in [1.82, 2.24) is 4.98 Å². The summed E-state index contributed by atoms with van der Waals surface area (Å²) < 4.78 is 0. The van der Waals surface area contributed by atoms with E-state index in [1.807, 2.05) is 0 Å². The Kier molecular flexibility index (Phi) is 1.71. The van der Waals surface area contributed by atoms with E-state index in [2.05, 4.69) is 36.2 Å². The predicted octanol–water partition coefficient (Wildman–Crippen LogP) is 2.47. The fourth-order valence-corrected chi connectivity index (χ4v) is 2.67. The molecular formula is C13H16N2. The lowest BCUT2D eigenvalue weighted by atomic mass is 9.93. The van der Waals surface area contributed by atoms with Crippen molar-refractivity contribution in [3.05, 3.63) is 35.5 Å². The molecule has 2 aromatic rings. The molecule has 0 atom stereocenters. The first-order valence-electron chi connectivity index (χ1n) is 5.55. The van der Waals surface area contributed by atoms with Gasteiger partial charge in [-0.25, -0.2) is 0 Å². The number of benzene rings is 1. The van der Waals surface area contributed by atoms with Gasteiger partial charge in [0, 0.05) is 28.6 Å². The summed E-state index contributed by atoms with van der Waals surface area (Å²) in [6.07, 6.45) is 2.48. The zero-order valence-corrected chi connectivity index (χ0v) is 9.01. The van der Waals surface area contributed by atoms with Gasteiger partial charge in [0.2, 0.25) is 0 Å². The largest absolute Gasteiger partial charge is 0.358 e.